The van der Waals surface area contributed by atoms with E-state index in [0.717, 1.165) is 27.4 Å². The van der Waals surface area contributed by atoms with Crippen molar-refractivity contribution in [2.45, 2.75) is 9.79 Å². The van der Waals surface area contributed by atoms with Crippen LogP contribution in [0.3, 0.4) is 0 Å². The van der Waals surface area contributed by atoms with Gasteiger partial charge in [0, 0.05) is 29.7 Å². The molecule has 5 rings (SSSR count). The molecule has 1 aliphatic heterocycles. The topological polar surface area (TPSA) is 29.0 Å². The van der Waals surface area contributed by atoms with Crippen LogP contribution in [0.2, 0.25) is 0 Å². The fourth-order valence-electron chi connectivity index (χ4n) is 3.47. The molecule has 4 aromatic rings. The number of hydrogen-bond acceptors (Lipinski definition) is 4. The Kier molecular flexibility index (Phi) is 3.25. The zero-order valence-corrected chi connectivity index (χ0v) is 14.3. The zero-order chi connectivity index (χ0) is 16.8. The van der Waals surface area contributed by atoms with Gasteiger partial charge in [-0.3, -0.25) is 9.97 Å². The van der Waals surface area contributed by atoms with Crippen LogP contribution >= 0.6 is 11.8 Å². The summed E-state index contributed by atoms with van der Waals surface area (Å²) >= 11 is 1.74. The molecule has 0 atom stereocenters. The summed E-state index contributed by atoms with van der Waals surface area (Å²) in [6.07, 6.45) is 5.89. The van der Waals surface area contributed by atoms with Crippen LogP contribution in [0.25, 0.3) is 21.8 Å². The number of nitrogens with zero attached hydrogens (tertiary/aromatic N) is 3. The predicted octanol–water partition coefficient (Wildman–Crippen LogP) is 5.57. The zero-order valence-electron chi connectivity index (χ0n) is 13.5. The lowest BCUT2D eigenvalue weighted by Crippen LogP contribution is -2.21. The van der Waals surface area contributed by atoms with Crippen LogP contribution < -0.4 is 4.90 Å². The van der Waals surface area contributed by atoms with E-state index in [-0.39, 0.29) is 0 Å². The highest BCUT2D eigenvalue weighted by Crippen LogP contribution is 2.52. The Bertz CT molecular complexity index is 1050. The lowest BCUT2D eigenvalue weighted by molar-refractivity contribution is 1.04. The fourth-order valence-corrected chi connectivity index (χ4v) is 4.55. The number of benzene rings is 2. The first kappa shape index (κ1) is 14.5. The molecule has 3 nitrogen and oxygen atoms in total. The van der Waals surface area contributed by atoms with Gasteiger partial charge in [0.1, 0.15) is 0 Å². The maximum absolute atomic E-state index is 4.63. The first-order valence-electron chi connectivity index (χ1n) is 8.18. The summed E-state index contributed by atoms with van der Waals surface area (Å²) in [6, 6.07) is 16.6. The van der Waals surface area contributed by atoms with Crippen molar-refractivity contribution in [2.75, 3.05) is 11.4 Å². The molecule has 3 heterocycles. The molecule has 0 saturated heterocycles. The monoisotopic (exact) mass is 341 g/mol. The summed E-state index contributed by atoms with van der Waals surface area (Å²) in [5.41, 5.74) is 4.44. The molecular weight excluding hydrogens is 326 g/mol. The number of aromatic nitrogens is 2. The second-order valence-electron chi connectivity index (χ2n) is 5.98. The Morgan fingerprint density at radius 1 is 0.840 bits per heavy atom. The predicted molar refractivity (Wildman–Crippen MR) is 105 cm³/mol. The van der Waals surface area contributed by atoms with Gasteiger partial charge in [-0.15, -0.1) is 6.58 Å². The summed E-state index contributed by atoms with van der Waals surface area (Å²) in [4.78, 5) is 13.9. The molecule has 4 heteroatoms. The van der Waals surface area contributed by atoms with Gasteiger partial charge in [0.25, 0.3) is 0 Å². The molecule has 2 aromatic heterocycles. The maximum atomic E-state index is 4.63. The summed E-state index contributed by atoms with van der Waals surface area (Å²) < 4.78 is 0. The van der Waals surface area contributed by atoms with Gasteiger partial charge in [-0.1, -0.05) is 54.2 Å². The third-order valence-corrected chi connectivity index (χ3v) is 5.54. The molecule has 2 aromatic carbocycles. The quantitative estimate of drug-likeness (QED) is 0.446. The minimum atomic E-state index is 0.739. The molecule has 0 unspecified atom stereocenters. The van der Waals surface area contributed by atoms with E-state index < -0.39 is 0 Å². The molecule has 0 aliphatic carbocycles. The molecule has 1 aliphatic rings. The van der Waals surface area contributed by atoms with Crippen molar-refractivity contribution in [3.63, 3.8) is 0 Å². The van der Waals surface area contributed by atoms with Gasteiger partial charge < -0.3 is 4.90 Å². The average Bonchev–Trinajstić information content (AvgIpc) is 2.67. The number of para-hydroxylation sites is 2. The van der Waals surface area contributed by atoms with E-state index >= 15 is 0 Å². The highest BCUT2D eigenvalue weighted by atomic mass is 32.2. The Hall–Kier alpha value is -2.85. The van der Waals surface area contributed by atoms with Crippen LogP contribution in [-0.2, 0) is 0 Å². The van der Waals surface area contributed by atoms with Crippen LogP contribution in [0.5, 0.6) is 0 Å². The summed E-state index contributed by atoms with van der Waals surface area (Å²) in [6.45, 7) is 4.72. The molecule has 0 fully saturated rings. The third-order valence-electron chi connectivity index (χ3n) is 4.50. The van der Waals surface area contributed by atoms with Crippen molar-refractivity contribution >= 4 is 44.9 Å². The fraction of sp³-hybridized carbons (Fsp3) is 0.0476. The minimum absolute atomic E-state index is 0.739. The van der Waals surface area contributed by atoms with E-state index in [1.807, 2.05) is 30.6 Å². The third kappa shape index (κ3) is 2.14. The van der Waals surface area contributed by atoms with Gasteiger partial charge in [0.2, 0.25) is 0 Å². The largest absolute Gasteiger partial charge is 0.335 e. The number of hydrogen-bond donors (Lipinski definition) is 0. The maximum Gasteiger partial charge on any atom is 0.0723 e. The Labute approximate surface area is 150 Å². The van der Waals surface area contributed by atoms with Crippen LogP contribution in [0.15, 0.2) is 83.4 Å². The Balaban J connectivity index is 1.87. The van der Waals surface area contributed by atoms with Gasteiger partial charge in [-0.2, -0.15) is 0 Å². The van der Waals surface area contributed by atoms with Gasteiger partial charge in [-0.25, -0.2) is 0 Å². The van der Waals surface area contributed by atoms with Crippen molar-refractivity contribution in [2.24, 2.45) is 0 Å². The normalized spacial score (nSPS) is 12.9. The smallest absolute Gasteiger partial charge is 0.0723 e. The van der Waals surface area contributed by atoms with E-state index in [9.17, 15) is 0 Å². The SMILES string of the molecule is C=CCN1c2c(cnc3ccccc23)Sc2cnc3ccccc3c21. The highest BCUT2D eigenvalue weighted by Gasteiger charge is 2.27. The van der Waals surface area contributed by atoms with E-state index in [4.69, 9.17) is 0 Å². The van der Waals surface area contributed by atoms with E-state index in [0.29, 0.717) is 0 Å². The Morgan fingerprint density at radius 3 is 1.88 bits per heavy atom. The van der Waals surface area contributed by atoms with Crippen molar-refractivity contribution in [1.29, 1.82) is 0 Å². The molecule has 0 bridgehead atoms. The second kappa shape index (κ2) is 5.60. The van der Waals surface area contributed by atoms with Gasteiger partial charge >= 0.3 is 0 Å². The molecule has 0 saturated carbocycles. The van der Waals surface area contributed by atoms with E-state index in [2.05, 4.69) is 57.8 Å². The Morgan fingerprint density at radius 2 is 1.36 bits per heavy atom. The molecule has 120 valence electrons. The van der Waals surface area contributed by atoms with Crippen LogP contribution in [0.1, 0.15) is 0 Å². The van der Waals surface area contributed by atoms with Crippen molar-refractivity contribution in [3.05, 3.63) is 73.6 Å². The number of fused-ring (bicyclic) bond motifs is 6. The number of rotatable bonds is 2. The molecule has 0 N–H and O–H groups in total. The van der Waals surface area contributed by atoms with Crippen molar-refractivity contribution in [3.8, 4) is 0 Å². The average molecular weight is 341 g/mol. The highest BCUT2D eigenvalue weighted by molar-refractivity contribution is 7.99. The summed E-state index contributed by atoms with van der Waals surface area (Å²) in [5.74, 6) is 0. The van der Waals surface area contributed by atoms with Crippen LogP contribution in [-0.4, -0.2) is 16.5 Å². The lowest BCUT2D eigenvalue weighted by atomic mass is 10.1. The summed E-state index contributed by atoms with van der Waals surface area (Å²) in [5, 5.41) is 2.33. The van der Waals surface area contributed by atoms with Gasteiger partial charge in [-0.05, 0) is 12.1 Å². The van der Waals surface area contributed by atoms with E-state index in [1.165, 1.54) is 22.1 Å². The number of pyridine rings is 2. The number of anilines is 2. The molecule has 0 radical (unpaired) electrons. The first-order valence-corrected chi connectivity index (χ1v) is 9.00. The van der Waals surface area contributed by atoms with E-state index in [1.54, 1.807) is 11.8 Å². The first-order chi connectivity index (χ1) is 12.4. The standard InChI is InChI=1S/C21H15N3S/c1-2-11-24-20-14-7-3-5-9-16(14)22-12-18(20)25-19-13-23-17-10-6-4-8-15(17)21(19)24/h2-10,12-13H,1,11H2. The van der Waals surface area contributed by atoms with Gasteiger partial charge in [0.05, 0.1) is 32.2 Å². The second-order valence-corrected chi connectivity index (χ2v) is 7.06. The van der Waals surface area contributed by atoms with Crippen molar-refractivity contribution < 1.29 is 0 Å². The van der Waals surface area contributed by atoms with Gasteiger partial charge in [0.15, 0.2) is 0 Å². The molecule has 0 amide bonds. The van der Waals surface area contributed by atoms with Crippen molar-refractivity contribution in [1.82, 2.24) is 9.97 Å². The van der Waals surface area contributed by atoms with Crippen LogP contribution in [0.4, 0.5) is 11.4 Å². The molecule has 0 spiro atoms. The summed E-state index contributed by atoms with van der Waals surface area (Å²) in [7, 11) is 0. The van der Waals surface area contributed by atoms with Crippen LogP contribution in [0, 0.1) is 0 Å². The minimum Gasteiger partial charge on any atom is -0.335 e. The molecular formula is C21H15N3S. The molecule has 25 heavy (non-hydrogen) atoms. The lowest BCUT2D eigenvalue weighted by Gasteiger charge is -2.33.